The molecular formula is C13H9N3. The number of fused-ring (bicyclic) bond motifs is 3. The molecule has 0 aliphatic rings. The van der Waals surface area contributed by atoms with Gasteiger partial charge in [0.15, 0.2) is 0 Å². The second kappa shape index (κ2) is 3.01. The summed E-state index contributed by atoms with van der Waals surface area (Å²) in [4.78, 5) is 0. The van der Waals surface area contributed by atoms with Crippen molar-refractivity contribution in [2.45, 2.75) is 0 Å². The molecule has 3 nitrogen and oxygen atoms in total. The highest BCUT2D eigenvalue weighted by molar-refractivity contribution is 6.10. The third-order valence-corrected chi connectivity index (χ3v) is 2.86. The molecule has 0 atom stereocenters. The summed E-state index contributed by atoms with van der Waals surface area (Å²) in [5, 5.41) is 11.1. The summed E-state index contributed by atoms with van der Waals surface area (Å²) in [6.45, 7) is 0. The maximum Gasteiger partial charge on any atom is 0.0999 e. The summed E-state index contributed by atoms with van der Waals surface area (Å²) < 4.78 is 1.63. The number of aromatic nitrogens is 1. The van der Waals surface area contributed by atoms with E-state index in [1.807, 2.05) is 42.5 Å². The lowest BCUT2D eigenvalue weighted by atomic mass is 10.1. The van der Waals surface area contributed by atoms with E-state index in [2.05, 4.69) is 6.07 Å². The Bertz CT molecular complexity index is 732. The van der Waals surface area contributed by atoms with Crippen molar-refractivity contribution < 1.29 is 0 Å². The van der Waals surface area contributed by atoms with Crippen LogP contribution in [0.5, 0.6) is 0 Å². The summed E-state index contributed by atoms with van der Waals surface area (Å²) in [6.07, 6.45) is 0. The molecule has 0 saturated carbocycles. The summed E-state index contributed by atoms with van der Waals surface area (Å²) in [7, 11) is 0. The Hall–Kier alpha value is -2.47. The fourth-order valence-corrected chi connectivity index (χ4v) is 2.14. The third-order valence-electron chi connectivity index (χ3n) is 2.86. The van der Waals surface area contributed by atoms with Crippen LogP contribution in [0.4, 0.5) is 0 Å². The molecule has 2 aromatic carbocycles. The minimum absolute atomic E-state index is 0.665. The van der Waals surface area contributed by atoms with Gasteiger partial charge in [0.05, 0.1) is 22.7 Å². The van der Waals surface area contributed by atoms with Crippen molar-refractivity contribution in [2.75, 3.05) is 5.84 Å². The van der Waals surface area contributed by atoms with Crippen LogP contribution >= 0.6 is 0 Å². The molecule has 0 aliphatic heterocycles. The average Bonchev–Trinajstić information content (AvgIpc) is 2.64. The van der Waals surface area contributed by atoms with Crippen LogP contribution in [-0.4, -0.2) is 4.68 Å². The van der Waals surface area contributed by atoms with Gasteiger partial charge in [-0.05, 0) is 18.2 Å². The molecular weight excluding hydrogens is 198 g/mol. The largest absolute Gasteiger partial charge is 0.339 e. The van der Waals surface area contributed by atoms with E-state index in [-0.39, 0.29) is 0 Å². The Labute approximate surface area is 92.3 Å². The van der Waals surface area contributed by atoms with Gasteiger partial charge in [0, 0.05) is 10.8 Å². The maximum atomic E-state index is 9.10. The molecule has 0 unspecified atom stereocenters. The highest BCUT2D eigenvalue weighted by atomic mass is 15.3. The van der Waals surface area contributed by atoms with E-state index in [0.29, 0.717) is 5.56 Å². The van der Waals surface area contributed by atoms with Crippen LogP contribution in [0.25, 0.3) is 21.8 Å². The van der Waals surface area contributed by atoms with Gasteiger partial charge in [0.25, 0.3) is 0 Å². The van der Waals surface area contributed by atoms with Crippen LogP contribution in [0.2, 0.25) is 0 Å². The first-order valence-corrected chi connectivity index (χ1v) is 5.00. The van der Waals surface area contributed by atoms with Crippen LogP contribution in [0, 0.1) is 11.3 Å². The van der Waals surface area contributed by atoms with Crippen molar-refractivity contribution in [3.8, 4) is 6.07 Å². The summed E-state index contributed by atoms with van der Waals surface area (Å²) in [5.41, 5.74) is 2.50. The number of nitriles is 1. The molecule has 0 saturated heterocycles. The SMILES string of the molecule is N#Cc1cccc2c1c1ccccc1n2N. The topological polar surface area (TPSA) is 54.7 Å². The first-order valence-electron chi connectivity index (χ1n) is 5.00. The fourth-order valence-electron chi connectivity index (χ4n) is 2.14. The highest BCUT2D eigenvalue weighted by Gasteiger charge is 2.10. The summed E-state index contributed by atoms with van der Waals surface area (Å²) in [5.74, 6) is 6.01. The van der Waals surface area contributed by atoms with E-state index in [1.165, 1.54) is 0 Å². The number of hydrogen-bond acceptors (Lipinski definition) is 2. The monoisotopic (exact) mass is 207 g/mol. The minimum atomic E-state index is 0.665. The quantitative estimate of drug-likeness (QED) is 0.575. The molecule has 3 rings (SSSR count). The van der Waals surface area contributed by atoms with E-state index in [1.54, 1.807) is 4.68 Å². The number of hydrogen-bond donors (Lipinski definition) is 1. The predicted octanol–water partition coefficient (Wildman–Crippen LogP) is 2.38. The molecule has 2 N–H and O–H groups in total. The predicted molar refractivity (Wildman–Crippen MR) is 64.3 cm³/mol. The van der Waals surface area contributed by atoms with Gasteiger partial charge in [0.2, 0.25) is 0 Å². The lowest BCUT2D eigenvalue weighted by Gasteiger charge is -1.96. The summed E-state index contributed by atoms with van der Waals surface area (Å²) in [6, 6.07) is 15.6. The van der Waals surface area contributed by atoms with Gasteiger partial charge >= 0.3 is 0 Å². The Kier molecular flexibility index (Phi) is 1.66. The Morgan fingerprint density at radius 2 is 1.75 bits per heavy atom. The number of benzene rings is 2. The zero-order valence-electron chi connectivity index (χ0n) is 8.51. The molecule has 76 valence electrons. The molecule has 1 heterocycles. The van der Waals surface area contributed by atoms with Gasteiger partial charge in [-0.25, -0.2) is 0 Å². The molecule has 0 radical (unpaired) electrons. The molecule has 3 heteroatoms. The van der Waals surface area contributed by atoms with E-state index in [9.17, 15) is 0 Å². The second-order valence-corrected chi connectivity index (χ2v) is 3.70. The van der Waals surface area contributed by atoms with Gasteiger partial charge in [-0.1, -0.05) is 24.3 Å². The first kappa shape index (κ1) is 8.81. The van der Waals surface area contributed by atoms with Crippen LogP contribution < -0.4 is 5.84 Å². The highest BCUT2D eigenvalue weighted by Crippen LogP contribution is 2.29. The van der Waals surface area contributed by atoms with Crippen LogP contribution in [-0.2, 0) is 0 Å². The molecule has 0 fully saturated rings. The van der Waals surface area contributed by atoms with Gasteiger partial charge in [0.1, 0.15) is 0 Å². The fraction of sp³-hybridized carbons (Fsp3) is 0. The normalized spacial score (nSPS) is 10.7. The third kappa shape index (κ3) is 0.958. The van der Waals surface area contributed by atoms with Gasteiger partial charge in [-0.15, -0.1) is 0 Å². The van der Waals surface area contributed by atoms with Crippen molar-refractivity contribution in [3.05, 3.63) is 48.0 Å². The zero-order valence-corrected chi connectivity index (χ0v) is 8.51. The lowest BCUT2D eigenvalue weighted by molar-refractivity contribution is 1.12. The van der Waals surface area contributed by atoms with Gasteiger partial charge < -0.3 is 5.84 Å². The smallest absolute Gasteiger partial charge is 0.0999 e. The molecule has 0 bridgehead atoms. The van der Waals surface area contributed by atoms with Crippen molar-refractivity contribution in [2.24, 2.45) is 0 Å². The maximum absolute atomic E-state index is 9.10. The van der Waals surface area contributed by atoms with E-state index in [4.69, 9.17) is 11.1 Å². The van der Waals surface area contributed by atoms with Crippen molar-refractivity contribution in [1.29, 1.82) is 5.26 Å². The minimum Gasteiger partial charge on any atom is -0.339 e. The van der Waals surface area contributed by atoms with E-state index < -0.39 is 0 Å². The van der Waals surface area contributed by atoms with Crippen molar-refractivity contribution in [3.63, 3.8) is 0 Å². The Morgan fingerprint density at radius 1 is 1.00 bits per heavy atom. The molecule has 3 aromatic rings. The number of nitrogens with zero attached hydrogens (tertiary/aromatic N) is 2. The van der Waals surface area contributed by atoms with Crippen LogP contribution in [0.15, 0.2) is 42.5 Å². The van der Waals surface area contributed by atoms with Gasteiger partial charge in [-0.2, -0.15) is 5.26 Å². The Morgan fingerprint density at radius 3 is 2.56 bits per heavy atom. The molecule has 0 spiro atoms. The molecule has 0 aliphatic carbocycles. The summed E-state index contributed by atoms with van der Waals surface area (Å²) >= 11 is 0. The average molecular weight is 207 g/mol. The van der Waals surface area contributed by atoms with Crippen LogP contribution in [0.3, 0.4) is 0 Å². The zero-order chi connectivity index (χ0) is 11.1. The van der Waals surface area contributed by atoms with Crippen LogP contribution in [0.1, 0.15) is 5.56 Å². The number of para-hydroxylation sites is 1. The van der Waals surface area contributed by atoms with E-state index >= 15 is 0 Å². The standard InChI is InChI=1S/C13H9N3/c14-8-9-4-3-7-12-13(9)10-5-1-2-6-11(10)16(12)15/h1-7H,15H2. The second-order valence-electron chi connectivity index (χ2n) is 3.70. The number of nitrogen functional groups attached to an aromatic ring is 1. The number of nitrogens with two attached hydrogens (primary N) is 1. The lowest BCUT2D eigenvalue weighted by Crippen LogP contribution is -2.06. The Balaban J connectivity index is 2.69. The first-order chi connectivity index (χ1) is 7.83. The molecule has 1 aromatic heterocycles. The number of rotatable bonds is 0. The van der Waals surface area contributed by atoms with E-state index in [0.717, 1.165) is 21.8 Å². The molecule has 0 amide bonds. The van der Waals surface area contributed by atoms with Gasteiger partial charge in [-0.3, -0.25) is 4.68 Å². The van der Waals surface area contributed by atoms with Crippen molar-refractivity contribution in [1.82, 2.24) is 4.68 Å². The molecule has 16 heavy (non-hydrogen) atoms. The van der Waals surface area contributed by atoms with Crippen molar-refractivity contribution >= 4 is 21.8 Å².